The van der Waals surface area contributed by atoms with Crippen LogP contribution in [0.15, 0.2) is 23.0 Å². The number of aromatic nitrogens is 2. The fraction of sp³-hybridized carbons (Fsp3) is 0.500. The van der Waals surface area contributed by atoms with Gasteiger partial charge in [-0.3, -0.25) is 24.0 Å². The van der Waals surface area contributed by atoms with Crippen molar-refractivity contribution in [3.05, 3.63) is 62.2 Å². The fourth-order valence-electron chi connectivity index (χ4n) is 6.66. The van der Waals surface area contributed by atoms with Gasteiger partial charge in [0.05, 0.1) is 41.1 Å². The number of aliphatic hydroxyl groups is 1. The third-order valence-electron chi connectivity index (χ3n) is 10.0. The smallest absolute Gasteiger partial charge is 0.343 e. The van der Waals surface area contributed by atoms with Crippen LogP contribution in [-0.4, -0.2) is 67.6 Å². The van der Waals surface area contributed by atoms with Crippen molar-refractivity contribution in [2.24, 2.45) is 5.92 Å². The minimum Gasteiger partial charge on any atom is -0.458 e. The first kappa shape index (κ1) is 40.1. The molecule has 3 N–H and O–H groups in total. The van der Waals surface area contributed by atoms with Gasteiger partial charge >= 0.3 is 5.97 Å². The van der Waals surface area contributed by atoms with Crippen LogP contribution < -0.4 is 16.2 Å². The van der Waals surface area contributed by atoms with Crippen molar-refractivity contribution in [3.63, 3.8) is 0 Å². The predicted octanol–water partition coefficient (Wildman–Crippen LogP) is 4.03. The Labute approximate surface area is 316 Å². The number of ether oxygens (including phenoxy) is 1. The molecule has 12 nitrogen and oxygen atoms in total. The van der Waals surface area contributed by atoms with Crippen LogP contribution in [0.1, 0.15) is 87.6 Å². The molecule has 2 amide bonds. The van der Waals surface area contributed by atoms with Gasteiger partial charge in [0.1, 0.15) is 12.4 Å². The van der Waals surface area contributed by atoms with Gasteiger partial charge in [-0.15, -0.1) is 0 Å². The minimum atomic E-state index is -1.98. The standard InChI is InChI=1S/C38H45FN4O8S2/c1-6-38(50)27-14-30-34-24(16-43(30)36(48)25(27)17-51-37(38)49)26(23-12-19(2)28(39)15-29(23)42-34)18-53-11-9-31(44)21(4)41-35(47)20(3)13-32(45)22(5)40-33(46)8-7-10-52/h12,14-15,20-22,50,52H,6-11,13,16-18H2,1-5H3,(H,40,46)(H,41,47)/t20-,21-,22-,38?/m0/s1. The highest BCUT2D eigenvalue weighted by Crippen LogP contribution is 2.41. The molecule has 4 heterocycles. The molecule has 0 saturated carbocycles. The number of thiol groups is 1. The number of thioether (sulfide) groups is 1. The number of ketones is 2. The lowest BCUT2D eigenvalue weighted by atomic mass is 9.86. The Morgan fingerprint density at radius 1 is 1.08 bits per heavy atom. The highest BCUT2D eigenvalue weighted by molar-refractivity contribution is 7.98. The molecule has 0 spiro atoms. The van der Waals surface area contributed by atoms with Crippen molar-refractivity contribution in [3.8, 4) is 11.4 Å². The first-order valence-corrected chi connectivity index (χ1v) is 19.5. The number of hydrogen-bond donors (Lipinski definition) is 4. The lowest BCUT2D eigenvalue weighted by Crippen LogP contribution is -2.44. The fourth-order valence-corrected chi connectivity index (χ4v) is 7.84. The normalized spacial score (nSPS) is 17.6. The molecule has 0 bridgehead atoms. The molecule has 3 aromatic rings. The van der Waals surface area contributed by atoms with E-state index in [-0.39, 0.29) is 67.4 Å². The summed E-state index contributed by atoms with van der Waals surface area (Å²) >= 11 is 5.55. The first-order valence-electron chi connectivity index (χ1n) is 17.7. The number of fused-ring (bicyclic) bond motifs is 5. The number of cyclic esters (lactones) is 1. The number of aryl methyl sites for hydroxylation is 1. The van der Waals surface area contributed by atoms with Crippen molar-refractivity contribution in [2.45, 2.75) is 103 Å². The Hall–Kier alpha value is -4.08. The number of rotatable bonds is 16. The van der Waals surface area contributed by atoms with Crippen LogP contribution in [-0.2, 0) is 53.2 Å². The molecule has 5 rings (SSSR count). The van der Waals surface area contributed by atoms with Crippen molar-refractivity contribution >= 4 is 64.6 Å². The SMILES string of the molecule is CCC1(O)C(=O)OCc2c1cc1n(c2=O)Cc2c-1nc1cc(F)c(C)cc1c2CSCCC(=O)[C@H](C)NC(=O)[C@@H](C)CC(=O)[C@H](C)NC(=O)CCCS. The van der Waals surface area contributed by atoms with E-state index in [2.05, 4.69) is 23.3 Å². The maximum Gasteiger partial charge on any atom is 0.343 e. The van der Waals surface area contributed by atoms with Crippen LogP contribution in [0, 0.1) is 18.7 Å². The molecule has 284 valence electrons. The molecule has 15 heteroatoms. The molecular weight excluding hydrogens is 724 g/mol. The number of carbonyl (C=O) groups excluding carboxylic acids is 5. The van der Waals surface area contributed by atoms with Crippen LogP contribution in [0.25, 0.3) is 22.3 Å². The van der Waals surface area contributed by atoms with Crippen molar-refractivity contribution in [2.75, 3.05) is 11.5 Å². The van der Waals surface area contributed by atoms with E-state index in [1.165, 1.54) is 22.4 Å². The second kappa shape index (κ2) is 16.5. The summed E-state index contributed by atoms with van der Waals surface area (Å²) in [6, 6.07) is 3.16. The highest BCUT2D eigenvalue weighted by atomic mass is 32.2. The monoisotopic (exact) mass is 768 g/mol. The van der Waals surface area contributed by atoms with Gasteiger partial charge in [-0.1, -0.05) is 13.8 Å². The molecule has 0 aliphatic carbocycles. The summed E-state index contributed by atoms with van der Waals surface area (Å²) in [5.74, 6) is -1.76. The van der Waals surface area contributed by atoms with Gasteiger partial charge in [-0.05, 0) is 62.6 Å². The molecule has 0 fully saturated rings. The van der Waals surface area contributed by atoms with Crippen LogP contribution in [0.4, 0.5) is 4.39 Å². The molecule has 0 radical (unpaired) electrons. The number of nitrogens with one attached hydrogen (secondary N) is 2. The molecule has 1 aromatic carbocycles. The number of halogens is 1. The van der Waals surface area contributed by atoms with Crippen LogP contribution in [0.3, 0.4) is 0 Å². The molecule has 2 aliphatic rings. The van der Waals surface area contributed by atoms with Gasteiger partial charge in [0.2, 0.25) is 11.8 Å². The highest BCUT2D eigenvalue weighted by Gasteiger charge is 2.45. The van der Waals surface area contributed by atoms with E-state index in [4.69, 9.17) is 9.72 Å². The summed E-state index contributed by atoms with van der Waals surface area (Å²) in [5.41, 5.74) is 1.28. The summed E-state index contributed by atoms with van der Waals surface area (Å²) in [7, 11) is 0. The molecular formula is C38H45FN4O8S2. The number of hydrogen-bond acceptors (Lipinski definition) is 11. The molecule has 1 unspecified atom stereocenters. The molecule has 2 aliphatic heterocycles. The molecule has 0 saturated heterocycles. The number of Topliss-reactive ketones (excluding diaryl/α,β-unsaturated/α-hetero) is 2. The lowest BCUT2D eigenvalue weighted by molar-refractivity contribution is -0.172. The maximum atomic E-state index is 14.8. The first-order chi connectivity index (χ1) is 25.1. The Kier molecular flexibility index (Phi) is 12.5. The molecule has 2 aromatic heterocycles. The van der Waals surface area contributed by atoms with E-state index in [0.717, 1.165) is 11.1 Å². The average Bonchev–Trinajstić information content (AvgIpc) is 3.49. The summed E-state index contributed by atoms with van der Waals surface area (Å²) < 4.78 is 21.5. The van der Waals surface area contributed by atoms with Crippen LogP contribution in [0.5, 0.6) is 0 Å². The van der Waals surface area contributed by atoms with Gasteiger partial charge in [0.15, 0.2) is 17.2 Å². The summed E-state index contributed by atoms with van der Waals surface area (Å²) in [5, 5.41) is 17.3. The quantitative estimate of drug-likeness (QED) is 0.0741. The minimum absolute atomic E-state index is 0.00340. The van der Waals surface area contributed by atoms with E-state index < -0.39 is 46.9 Å². The Balaban J connectivity index is 1.26. The average molecular weight is 769 g/mol. The van der Waals surface area contributed by atoms with Gasteiger partial charge in [0, 0.05) is 59.3 Å². The summed E-state index contributed by atoms with van der Waals surface area (Å²) in [6.45, 7) is 7.97. The van der Waals surface area contributed by atoms with E-state index in [0.29, 0.717) is 51.5 Å². The van der Waals surface area contributed by atoms with Gasteiger partial charge in [0.25, 0.3) is 5.56 Å². The third-order valence-corrected chi connectivity index (χ3v) is 11.3. The lowest BCUT2D eigenvalue weighted by Gasteiger charge is -2.31. The number of benzene rings is 1. The molecule has 4 atom stereocenters. The second-order valence-electron chi connectivity index (χ2n) is 13.8. The van der Waals surface area contributed by atoms with Gasteiger partial charge < -0.3 is 25.0 Å². The van der Waals surface area contributed by atoms with E-state index in [9.17, 15) is 38.3 Å². The number of esters is 1. The Bertz CT molecular complexity index is 2050. The van der Waals surface area contributed by atoms with Crippen molar-refractivity contribution < 1.29 is 38.2 Å². The summed E-state index contributed by atoms with van der Waals surface area (Å²) in [4.78, 5) is 81.5. The molecule has 53 heavy (non-hydrogen) atoms. The predicted molar refractivity (Wildman–Crippen MR) is 202 cm³/mol. The Morgan fingerprint density at radius 2 is 1.79 bits per heavy atom. The zero-order chi connectivity index (χ0) is 38.8. The number of nitrogens with zero attached hydrogens (tertiary/aromatic N) is 2. The largest absolute Gasteiger partial charge is 0.458 e. The van der Waals surface area contributed by atoms with Gasteiger partial charge in [-0.2, -0.15) is 24.4 Å². The van der Waals surface area contributed by atoms with E-state index in [1.54, 1.807) is 46.8 Å². The topological polar surface area (TPSA) is 174 Å². The number of carbonyl (C=O) groups is 5. The number of amides is 2. The number of pyridine rings is 2. The summed E-state index contributed by atoms with van der Waals surface area (Å²) in [6.07, 6.45) is 0.911. The second-order valence-corrected chi connectivity index (χ2v) is 15.4. The van der Waals surface area contributed by atoms with Crippen LogP contribution in [0.2, 0.25) is 0 Å². The Morgan fingerprint density at radius 3 is 2.49 bits per heavy atom. The zero-order valence-electron chi connectivity index (χ0n) is 30.5. The van der Waals surface area contributed by atoms with E-state index >= 15 is 0 Å². The maximum absolute atomic E-state index is 14.8. The third kappa shape index (κ3) is 8.21. The van der Waals surface area contributed by atoms with Crippen molar-refractivity contribution in [1.29, 1.82) is 0 Å². The zero-order valence-corrected chi connectivity index (χ0v) is 32.2. The van der Waals surface area contributed by atoms with Gasteiger partial charge in [-0.25, -0.2) is 14.2 Å². The van der Waals surface area contributed by atoms with Crippen LogP contribution >= 0.6 is 24.4 Å². The van der Waals surface area contributed by atoms with E-state index in [1.807, 2.05) is 0 Å². The van der Waals surface area contributed by atoms with Crippen molar-refractivity contribution in [1.82, 2.24) is 20.2 Å².